The van der Waals surface area contributed by atoms with E-state index in [4.69, 9.17) is 11.6 Å². The Morgan fingerprint density at radius 3 is 2.89 bits per heavy atom. The number of aromatic nitrogens is 1. The van der Waals surface area contributed by atoms with Gasteiger partial charge in [0.15, 0.2) is 0 Å². The molecule has 18 heavy (non-hydrogen) atoms. The van der Waals surface area contributed by atoms with Crippen molar-refractivity contribution in [3.63, 3.8) is 0 Å². The molecule has 1 aliphatic heterocycles. The van der Waals surface area contributed by atoms with Gasteiger partial charge in [0.05, 0.1) is 10.5 Å². The van der Waals surface area contributed by atoms with Crippen LogP contribution < -0.4 is 5.32 Å². The van der Waals surface area contributed by atoms with E-state index < -0.39 is 0 Å². The quantitative estimate of drug-likeness (QED) is 0.809. The molecule has 1 aromatic heterocycles. The molecule has 2 nitrogen and oxygen atoms in total. The van der Waals surface area contributed by atoms with Crippen LogP contribution in [0.4, 0.5) is 4.39 Å². The van der Waals surface area contributed by atoms with Gasteiger partial charge in [-0.05, 0) is 44.0 Å². The molecule has 4 heteroatoms. The number of hydrogen-bond acceptors (Lipinski definition) is 1. The Morgan fingerprint density at radius 2 is 2.22 bits per heavy atom. The topological polar surface area (TPSA) is 27.8 Å². The minimum Gasteiger partial charge on any atom is -0.357 e. The zero-order valence-electron chi connectivity index (χ0n) is 10.3. The highest BCUT2D eigenvalue weighted by molar-refractivity contribution is 6.35. The molecule has 1 atom stereocenters. The van der Waals surface area contributed by atoms with Crippen LogP contribution in [0.1, 0.15) is 30.0 Å². The van der Waals surface area contributed by atoms with Crippen molar-refractivity contribution < 1.29 is 4.39 Å². The van der Waals surface area contributed by atoms with Gasteiger partial charge in [0.2, 0.25) is 0 Å². The van der Waals surface area contributed by atoms with Gasteiger partial charge < -0.3 is 10.3 Å². The molecule has 1 fully saturated rings. The zero-order valence-corrected chi connectivity index (χ0v) is 11.1. The molecule has 1 aliphatic rings. The lowest BCUT2D eigenvalue weighted by Gasteiger charge is -2.22. The first-order valence-corrected chi connectivity index (χ1v) is 6.73. The van der Waals surface area contributed by atoms with Gasteiger partial charge in [-0.15, -0.1) is 0 Å². The first-order valence-electron chi connectivity index (χ1n) is 6.35. The second kappa shape index (κ2) is 4.56. The average molecular weight is 267 g/mol. The Hall–Kier alpha value is -1.06. The van der Waals surface area contributed by atoms with Gasteiger partial charge in [0.25, 0.3) is 0 Å². The molecule has 0 spiro atoms. The molecule has 1 aromatic carbocycles. The Morgan fingerprint density at radius 1 is 1.39 bits per heavy atom. The van der Waals surface area contributed by atoms with Crippen LogP contribution in [-0.2, 0) is 0 Å². The van der Waals surface area contributed by atoms with Gasteiger partial charge in [-0.2, -0.15) is 0 Å². The highest BCUT2D eigenvalue weighted by Gasteiger charge is 2.22. The van der Waals surface area contributed by atoms with Crippen LogP contribution in [0.15, 0.2) is 12.1 Å². The Kier molecular flexibility index (Phi) is 3.04. The second-order valence-electron chi connectivity index (χ2n) is 4.99. The molecule has 3 rings (SSSR count). The number of hydrogen-bond donors (Lipinski definition) is 2. The zero-order chi connectivity index (χ0) is 12.7. The van der Waals surface area contributed by atoms with Crippen LogP contribution >= 0.6 is 11.6 Å². The summed E-state index contributed by atoms with van der Waals surface area (Å²) in [6.45, 7) is 4.00. The van der Waals surface area contributed by atoms with Gasteiger partial charge in [-0.3, -0.25) is 0 Å². The Labute approximate surface area is 111 Å². The molecule has 0 bridgehead atoms. The van der Waals surface area contributed by atoms with Crippen LogP contribution in [0.3, 0.4) is 0 Å². The monoisotopic (exact) mass is 266 g/mol. The molecule has 1 saturated heterocycles. The molecule has 0 saturated carbocycles. The molecular formula is C14H16ClFN2. The first kappa shape index (κ1) is 12.0. The molecule has 96 valence electrons. The summed E-state index contributed by atoms with van der Waals surface area (Å²) in [4.78, 5) is 3.33. The number of piperidine rings is 1. The predicted octanol–water partition coefficient (Wildman–Crippen LogP) is 3.74. The summed E-state index contributed by atoms with van der Waals surface area (Å²) >= 11 is 6.14. The van der Waals surface area contributed by atoms with Crippen LogP contribution in [0, 0.1) is 12.7 Å². The highest BCUT2D eigenvalue weighted by atomic mass is 35.5. The smallest absolute Gasteiger partial charge is 0.132 e. The number of halogens is 2. The van der Waals surface area contributed by atoms with Gasteiger partial charge in [0, 0.05) is 23.5 Å². The summed E-state index contributed by atoms with van der Waals surface area (Å²) in [7, 11) is 0. The van der Waals surface area contributed by atoms with Crippen LogP contribution in [0.5, 0.6) is 0 Å². The molecule has 1 unspecified atom stereocenters. The molecule has 0 amide bonds. The van der Waals surface area contributed by atoms with E-state index in [1.165, 1.54) is 6.07 Å². The lowest BCUT2D eigenvalue weighted by atomic mass is 9.93. The average Bonchev–Trinajstić information content (AvgIpc) is 2.74. The van der Waals surface area contributed by atoms with Crippen molar-refractivity contribution in [3.05, 3.63) is 34.2 Å². The second-order valence-corrected chi connectivity index (χ2v) is 5.39. The molecule has 0 aliphatic carbocycles. The maximum absolute atomic E-state index is 13.9. The maximum atomic E-state index is 13.9. The van der Waals surface area contributed by atoms with Crippen molar-refractivity contribution in [3.8, 4) is 0 Å². The van der Waals surface area contributed by atoms with Gasteiger partial charge in [-0.1, -0.05) is 11.6 Å². The summed E-state index contributed by atoms with van der Waals surface area (Å²) in [6.07, 6.45) is 2.30. The third-order valence-electron chi connectivity index (χ3n) is 3.85. The molecular weight excluding hydrogens is 251 g/mol. The SMILES string of the molecule is Cc1c(C2CCCNC2)[nH]c2c(Cl)ccc(F)c12. The third-order valence-corrected chi connectivity index (χ3v) is 4.16. The van der Waals surface area contributed by atoms with Crippen molar-refractivity contribution >= 4 is 22.5 Å². The Balaban J connectivity index is 2.16. The van der Waals surface area contributed by atoms with Crippen molar-refractivity contribution in [2.24, 2.45) is 0 Å². The normalized spacial score (nSPS) is 20.5. The minimum atomic E-state index is -0.196. The van der Waals surface area contributed by atoms with E-state index >= 15 is 0 Å². The Bertz CT molecular complexity index is 585. The standard InChI is InChI=1S/C14H16ClFN2/c1-8-12-11(16)5-4-10(15)14(12)18-13(8)9-3-2-6-17-7-9/h4-5,9,17-18H,2-3,6-7H2,1H3. The first-order chi connectivity index (χ1) is 8.68. The molecule has 2 N–H and O–H groups in total. The summed E-state index contributed by atoms with van der Waals surface area (Å²) in [5.41, 5.74) is 2.86. The number of aryl methyl sites for hydroxylation is 1. The molecule has 2 heterocycles. The summed E-state index contributed by atoms with van der Waals surface area (Å²) in [5, 5.41) is 4.62. The van der Waals surface area contributed by atoms with E-state index in [0.717, 1.165) is 42.7 Å². The van der Waals surface area contributed by atoms with Crippen molar-refractivity contribution in [1.82, 2.24) is 10.3 Å². The summed E-state index contributed by atoms with van der Waals surface area (Å²) in [5.74, 6) is 0.236. The lowest BCUT2D eigenvalue weighted by molar-refractivity contribution is 0.455. The number of nitrogens with one attached hydrogen (secondary N) is 2. The molecule has 0 radical (unpaired) electrons. The van der Waals surface area contributed by atoms with Crippen molar-refractivity contribution in [2.75, 3.05) is 13.1 Å². The highest BCUT2D eigenvalue weighted by Crippen LogP contribution is 2.34. The fraction of sp³-hybridized carbons (Fsp3) is 0.429. The maximum Gasteiger partial charge on any atom is 0.132 e. The van der Waals surface area contributed by atoms with E-state index in [1.54, 1.807) is 6.07 Å². The van der Waals surface area contributed by atoms with Crippen LogP contribution in [0.2, 0.25) is 5.02 Å². The lowest BCUT2D eigenvalue weighted by Crippen LogP contribution is -2.28. The number of benzene rings is 1. The molecule has 2 aromatic rings. The number of rotatable bonds is 1. The minimum absolute atomic E-state index is 0.196. The van der Waals surface area contributed by atoms with E-state index in [1.807, 2.05) is 6.92 Å². The largest absolute Gasteiger partial charge is 0.357 e. The summed E-state index contributed by atoms with van der Waals surface area (Å²) in [6, 6.07) is 3.05. The summed E-state index contributed by atoms with van der Waals surface area (Å²) < 4.78 is 13.9. The fourth-order valence-corrected chi connectivity index (χ4v) is 3.11. The van der Waals surface area contributed by atoms with Crippen molar-refractivity contribution in [1.29, 1.82) is 0 Å². The number of H-pyrrole nitrogens is 1. The third kappa shape index (κ3) is 1.82. The van der Waals surface area contributed by atoms with Crippen LogP contribution in [-0.4, -0.2) is 18.1 Å². The number of fused-ring (bicyclic) bond motifs is 1. The van der Waals surface area contributed by atoms with Gasteiger partial charge in [0.1, 0.15) is 5.82 Å². The van der Waals surface area contributed by atoms with E-state index in [0.29, 0.717) is 16.3 Å². The van der Waals surface area contributed by atoms with E-state index in [9.17, 15) is 4.39 Å². The van der Waals surface area contributed by atoms with Crippen LogP contribution in [0.25, 0.3) is 10.9 Å². The van der Waals surface area contributed by atoms with Gasteiger partial charge in [-0.25, -0.2) is 4.39 Å². The number of aromatic amines is 1. The van der Waals surface area contributed by atoms with E-state index in [2.05, 4.69) is 10.3 Å². The predicted molar refractivity (Wildman–Crippen MR) is 72.8 cm³/mol. The fourth-order valence-electron chi connectivity index (χ4n) is 2.91. The van der Waals surface area contributed by atoms with Crippen molar-refractivity contribution in [2.45, 2.75) is 25.7 Å². The van der Waals surface area contributed by atoms with Gasteiger partial charge >= 0.3 is 0 Å². The van der Waals surface area contributed by atoms with E-state index in [-0.39, 0.29) is 5.82 Å².